The minimum Gasteiger partial charge on any atom is -0.379 e. The number of hydrogen-bond acceptors (Lipinski definition) is 2. The molecule has 2 aromatic carbocycles. The van der Waals surface area contributed by atoms with Crippen LogP contribution in [0.2, 0.25) is 10.0 Å². The van der Waals surface area contributed by atoms with Gasteiger partial charge in [-0.2, -0.15) is 0 Å². The van der Waals surface area contributed by atoms with Gasteiger partial charge >= 0.3 is 0 Å². The first-order valence-electron chi connectivity index (χ1n) is 9.67. The number of morpholine rings is 1. The molecule has 1 saturated heterocycles. The van der Waals surface area contributed by atoms with Crippen LogP contribution in [-0.4, -0.2) is 47.3 Å². The van der Waals surface area contributed by atoms with Crippen molar-refractivity contribution in [2.45, 2.75) is 6.54 Å². The Bertz CT molecular complexity index is 1150. The van der Waals surface area contributed by atoms with Crippen LogP contribution in [0.1, 0.15) is 0 Å². The van der Waals surface area contributed by atoms with Crippen molar-refractivity contribution in [1.29, 1.82) is 0 Å². The van der Waals surface area contributed by atoms with E-state index < -0.39 is 0 Å². The monoisotopic (exact) mass is 451 g/mol. The normalized spacial score (nSPS) is 14.8. The topological polar surface area (TPSA) is 33.2 Å². The SMILES string of the molecule is Fc1cc(Cl)cc2cc[nH]c12.Fc1cc(Cl)cc2ccn(CCN3CCOCC3)c12. The maximum atomic E-state index is 14.0. The lowest BCUT2D eigenvalue weighted by Gasteiger charge is -2.26. The Balaban J connectivity index is 0.000000168. The molecule has 8 heteroatoms. The molecule has 1 aliphatic heterocycles. The van der Waals surface area contributed by atoms with Crippen molar-refractivity contribution < 1.29 is 13.5 Å². The van der Waals surface area contributed by atoms with Gasteiger partial charge in [-0.25, -0.2) is 8.78 Å². The third kappa shape index (κ3) is 4.78. The van der Waals surface area contributed by atoms with Gasteiger partial charge in [0.05, 0.1) is 24.2 Å². The zero-order valence-electron chi connectivity index (χ0n) is 16.2. The summed E-state index contributed by atoms with van der Waals surface area (Å²) in [4.78, 5) is 5.12. The molecule has 158 valence electrons. The number of H-pyrrole nitrogens is 1. The number of aromatic amines is 1. The van der Waals surface area contributed by atoms with Crippen molar-refractivity contribution >= 4 is 45.0 Å². The standard InChI is InChI=1S/C14H16ClFN2O.C8H5ClFN/c15-12-9-11-1-2-18(14(11)13(16)10-12)4-3-17-5-7-19-8-6-17;9-6-3-5-1-2-11-8(5)7(10)4-6/h1-2,9-10H,3-8H2;1-4,11H. The minimum atomic E-state index is -0.308. The van der Waals surface area contributed by atoms with Crippen LogP contribution in [0.15, 0.2) is 48.8 Å². The predicted octanol–water partition coefficient (Wildman–Crippen LogP) is 5.73. The second kappa shape index (κ2) is 9.35. The number of aromatic nitrogens is 2. The maximum absolute atomic E-state index is 14.0. The van der Waals surface area contributed by atoms with Gasteiger partial charge in [-0.1, -0.05) is 23.2 Å². The van der Waals surface area contributed by atoms with Gasteiger partial charge in [0.1, 0.15) is 11.6 Å². The van der Waals surface area contributed by atoms with E-state index in [4.69, 9.17) is 27.9 Å². The highest BCUT2D eigenvalue weighted by Crippen LogP contribution is 2.24. The molecular formula is C22H21Cl2F2N3O. The predicted molar refractivity (Wildman–Crippen MR) is 117 cm³/mol. The molecule has 4 nitrogen and oxygen atoms in total. The van der Waals surface area contributed by atoms with Gasteiger partial charge in [-0.05, 0) is 36.4 Å². The van der Waals surface area contributed by atoms with E-state index in [0.29, 0.717) is 21.1 Å². The molecule has 0 atom stereocenters. The van der Waals surface area contributed by atoms with E-state index >= 15 is 0 Å². The molecule has 5 rings (SSSR count). The van der Waals surface area contributed by atoms with Gasteiger partial charge in [0, 0.05) is 59.4 Å². The highest BCUT2D eigenvalue weighted by atomic mass is 35.5. The first-order valence-corrected chi connectivity index (χ1v) is 10.4. The number of rotatable bonds is 3. The molecule has 0 bridgehead atoms. The summed E-state index contributed by atoms with van der Waals surface area (Å²) < 4.78 is 34.2. The number of benzene rings is 2. The first-order chi connectivity index (χ1) is 14.5. The molecular weight excluding hydrogens is 431 g/mol. The molecule has 1 fully saturated rings. The molecule has 0 amide bonds. The summed E-state index contributed by atoms with van der Waals surface area (Å²) >= 11 is 11.5. The van der Waals surface area contributed by atoms with Crippen LogP contribution in [0.4, 0.5) is 8.78 Å². The summed E-state index contributed by atoms with van der Waals surface area (Å²) in [5, 5.41) is 2.52. The molecule has 0 unspecified atom stereocenters. The molecule has 0 aliphatic carbocycles. The molecule has 4 aromatic rings. The highest BCUT2D eigenvalue weighted by molar-refractivity contribution is 6.31. The Morgan fingerprint density at radius 3 is 2.37 bits per heavy atom. The molecule has 30 heavy (non-hydrogen) atoms. The fraction of sp³-hybridized carbons (Fsp3) is 0.273. The molecule has 3 heterocycles. The molecule has 0 spiro atoms. The van der Waals surface area contributed by atoms with E-state index in [-0.39, 0.29) is 11.6 Å². The molecule has 1 N–H and O–H groups in total. The van der Waals surface area contributed by atoms with Crippen molar-refractivity contribution in [2.24, 2.45) is 0 Å². The number of ether oxygens (including phenoxy) is 1. The first kappa shape index (κ1) is 21.1. The van der Waals surface area contributed by atoms with Crippen LogP contribution in [0.5, 0.6) is 0 Å². The molecule has 0 radical (unpaired) electrons. The van der Waals surface area contributed by atoms with Crippen LogP contribution < -0.4 is 0 Å². The lowest BCUT2D eigenvalue weighted by Crippen LogP contribution is -2.38. The number of nitrogens with one attached hydrogen (secondary N) is 1. The Morgan fingerprint density at radius 1 is 0.900 bits per heavy atom. The van der Waals surface area contributed by atoms with Crippen molar-refractivity contribution in [1.82, 2.24) is 14.5 Å². The average Bonchev–Trinajstić information content (AvgIpc) is 3.35. The quantitative estimate of drug-likeness (QED) is 0.431. The van der Waals surface area contributed by atoms with E-state index in [1.807, 2.05) is 16.8 Å². The zero-order chi connectivity index (χ0) is 21.1. The Labute approximate surface area is 182 Å². The van der Waals surface area contributed by atoms with Crippen LogP contribution in [0.25, 0.3) is 21.8 Å². The highest BCUT2D eigenvalue weighted by Gasteiger charge is 2.12. The summed E-state index contributed by atoms with van der Waals surface area (Å²) in [7, 11) is 0. The van der Waals surface area contributed by atoms with Gasteiger partial charge in [0.15, 0.2) is 0 Å². The molecule has 0 saturated carbocycles. The summed E-state index contributed by atoms with van der Waals surface area (Å²) in [5.41, 5.74) is 1.15. The summed E-state index contributed by atoms with van der Waals surface area (Å²) in [6.07, 6.45) is 3.61. The second-order valence-corrected chi connectivity index (χ2v) is 7.99. The summed E-state index contributed by atoms with van der Waals surface area (Å²) in [6, 6.07) is 9.87. The summed E-state index contributed by atoms with van der Waals surface area (Å²) in [5.74, 6) is -0.563. The van der Waals surface area contributed by atoms with Crippen molar-refractivity contribution in [3.05, 3.63) is 70.5 Å². The number of hydrogen-bond donors (Lipinski definition) is 1. The van der Waals surface area contributed by atoms with Crippen LogP contribution in [-0.2, 0) is 11.3 Å². The smallest absolute Gasteiger partial charge is 0.148 e. The Morgan fingerprint density at radius 2 is 1.60 bits per heavy atom. The fourth-order valence-electron chi connectivity index (χ4n) is 3.61. The lowest BCUT2D eigenvalue weighted by atomic mass is 10.2. The Hall–Kier alpha value is -2.12. The van der Waals surface area contributed by atoms with E-state index in [1.165, 1.54) is 12.1 Å². The van der Waals surface area contributed by atoms with E-state index in [2.05, 4.69) is 9.88 Å². The van der Waals surface area contributed by atoms with E-state index in [0.717, 1.165) is 50.2 Å². The summed E-state index contributed by atoms with van der Waals surface area (Å²) in [6.45, 7) is 5.17. The zero-order valence-corrected chi connectivity index (χ0v) is 17.7. The van der Waals surface area contributed by atoms with Crippen molar-refractivity contribution in [3.63, 3.8) is 0 Å². The van der Waals surface area contributed by atoms with Gasteiger partial charge < -0.3 is 14.3 Å². The lowest BCUT2D eigenvalue weighted by molar-refractivity contribution is 0.0365. The number of nitrogens with zero attached hydrogens (tertiary/aromatic N) is 2. The van der Waals surface area contributed by atoms with Gasteiger partial charge in [-0.15, -0.1) is 0 Å². The van der Waals surface area contributed by atoms with Crippen LogP contribution in [0, 0.1) is 11.6 Å². The van der Waals surface area contributed by atoms with E-state index in [1.54, 1.807) is 24.4 Å². The van der Waals surface area contributed by atoms with Crippen LogP contribution >= 0.6 is 23.2 Å². The van der Waals surface area contributed by atoms with Crippen molar-refractivity contribution in [2.75, 3.05) is 32.8 Å². The minimum absolute atomic E-state index is 0.255. The average molecular weight is 452 g/mol. The fourth-order valence-corrected chi connectivity index (χ4v) is 4.04. The molecule has 1 aliphatic rings. The largest absolute Gasteiger partial charge is 0.379 e. The third-order valence-corrected chi connectivity index (χ3v) is 5.55. The third-order valence-electron chi connectivity index (χ3n) is 5.12. The maximum Gasteiger partial charge on any atom is 0.148 e. The van der Waals surface area contributed by atoms with Gasteiger partial charge in [0.25, 0.3) is 0 Å². The second-order valence-electron chi connectivity index (χ2n) is 7.12. The van der Waals surface area contributed by atoms with Crippen molar-refractivity contribution in [3.8, 4) is 0 Å². The van der Waals surface area contributed by atoms with E-state index in [9.17, 15) is 8.78 Å². The van der Waals surface area contributed by atoms with Gasteiger partial charge in [-0.3, -0.25) is 4.90 Å². The molecule has 2 aromatic heterocycles. The number of fused-ring (bicyclic) bond motifs is 2. The Kier molecular flexibility index (Phi) is 6.58. The van der Waals surface area contributed by atoms with Gasteiger partial charge in [0.2, 0.25) is 0 Å². The van der Waals surface area contributed by atoms with Crippen LogP contribution in [0.3, 0.4) is 0 Å². The number of halogens is 4.